The largest absolute Gasteiger partial charge is 0.360 e. The van der Waals surface area contributed by atoms with Crippen molar-refractivity contribution in [3.8, 4) is 0 Å². The number of hydrogen-bond acceptors (Lipinski definition) is 4. The van der Waals surface area contributed by atoms with E-state index in [-0.39, 0.29) is 17.9 Å². The number of carbonyl (C=O) groups is 1. The molecule has 0 spiro atoms. The normalized spacial score (nSPS) is 18.5. The highest BCUT2D eigenvalue weighted by Gasteiger charge is 2.28. The molecule has 1 aromatic heterocycles. The number of likely N-dealkylation sites (N-methyl/N-ethyl adjacent to an activating group) is 1. The highest BCUT2D eigenvalue weighted by molar-refractivity contribution is 5.92. The molecular formula is C20H27N3O2. The molecule has 134 valence electrons. The van der Waals surface area contributed by atoms with E-state index in [1.54, 1.807) is 6.07 Å². The highest BCUT2D eigenvalue weighted by atomic mass is 16.5. The van der Waals surface area contributed by atoms with Gasteiger partial charge in [0.15, 0.2) is 5.69 Å². The van der Waals surface area contributed by atoms with Crippen molar-refractivity contribution in [3.63, 3.8) is 0 Å². The number of carbonyl (C=O) groups excluding carboxylic acids is 1. The molecule has 5 heteroatoms. The van der Waals surface area contributed by atoms with Crippen LogP contribution in [0.1, 0.15) is 54.4 Å². The molecule has 5 nitrogen and oxygen atoms in total. The molecule has 0 saturated carbocycles. The fraction of sp³-hybridized carbons (Fsp3) is 0.500. The molecule has 0 radical (unpaired) electrons. The van der Waals surface area contributed by atoms with Gasteiger partial charge in [-0.2, -0.15) is 0 Å². The van der Waals surface area contributed by atoms with Crippen molar-refractivity contribution in [1.29, 1.82) is 0 Å². The highest BCUT2D eigenvalue weighted by Crippen LogP contribution is 2.20. The maximum absolute atomic E-state index is 12.7. The molecule has 1 atom stereocenters. The number of rotatable bonds is 5. The van der Waals surface area contributed by atoms with E-state index in [4.69, 9.17) is 4.52 Å². The third-order valence-electron chi connectivity index (χ3n) is 4.91. The van der Waals surface area contributed by atoms with E-state index in [9.17, 15) is 4.79 Å². The zero-order valence-corrected chi connectivity index (χ0v) is 15.3. The van der Waals surface area contributed by atoms with Gasteiger partial charge in [0.25, 0.3) is 5.91 Å². The molecule has 1 aliphatic rings. The molecule has 3 rings (SSSR count). The summed E-state index contributed by atoms with van der Waals surface area (Å²) in [6.45, 7) is 6.96. The number of aromatic nitrogens is 1. The monoisotopic (exact) mass is 341 g/mol. The lowest BCUT2D eigenvalue weighted by molar-refractivity contribution is 0.0599. The van der Waals surface area contributed by atoms with E-state index in [0.29, 0.717) is 5.69 Å². The van der Waals surface area contributed by atoms with Crippen molar-refractivity contribution in [2.45, 2.75) is 45.2 Å². The second-order valence-electron chi connectivity index (χ2n) is 7.20. The average Bonchev–Trinajstić information content (AvgIpc) is 3.12. The predicted molar refractivity (Wildman–Crippen MR) is 97.4 cm³/mol. The van der Waals surface area contributed by atoms with Gasteiger partial charge >= 0.3 is 0 Å². The van der Waals surface area contributed by atoms with Gasteiger partial charge in [-0.3, -0.25) is 9.69 Å². The van der Waals surface area contributed by atoms with Crippen molar-refractivity contribution < 1.29 is 9.32 Å². The summed E-state index contributed by atoms with van der Waals surface area (Å²) in [5, 5.41) is 3.96. The molecule has 0 N–H and O–H groups in total. The maximum Gasteiger partial charge on any atom is 0.276 e. The first-order chi connectivity index (χ1) is 12.0. The molecule has 1 fully saturated rings. The molecule has 25 heavy (non-hydrogen) atoms. The summed E-state index contributed by atoms with van der Waals surface area (Å²) in [4.78, 5) is 17.0. The third-order valence-corrected chi connectivity index (χ3v) is 4.91. The van der Waals surface area contributed by atoms with Crippen molar-refractivity contribution in [2.24, 2.45) is 0 Å². The van der Waals surface area contributed by atoms with Crippen LogP contribution < -0.4 is 0 Å². The number of piperidine rings is 1. The van der Waals surface area contributed by atoms with Crippen LogP contribution in [0, 0.1) is 0 Å². The van der Waals surface area contributed by atoms with Gasteiger partial charge in [-0.05, 0) is 24.9 Å². The summed E-state index contributed by atoms with van der Waals surface area (Å²) >= 11 is 0. The van der Waals surface area contributed by atoms with E-state index >= 15 is 0 Å². The summed E-state index contributed by atoms with van der Waals surface area (Å²) < 4.78 is 5.28. The lowest BCUT2D eigenvalue weighted by atomic mass is 10.0. The van der Waals surface area contributed by atoms with Crippen LogP contribution in [0.5, 0.6) is 0 Å². The topological polar surface area (TPSA) is 49.6 Å². The smallest absolute Gasteiger partial charge is 0.276 e. The summed E-state index contributed by atoms with van der Waals surface area (Å²) in [6.07, 6.45) is 2.13. The van der Waals surface area contributed by atoms with E-state index < -0.39 is 0 Å². The fourth-order valence-electron chi connectivity index (χ4n) is 3.34. The zero-order chi connectivity index (χ0) is 17.8. The Morgan fingerprint density at radius 3 is 2.80 bits per heavy atom. The van der Waals surface area contributed by atoms with Crippen LogP contribution in [0.4, 0.5) is 0 Å². The minimum atomic E-state index is -0.0535. The van der Waals surface area contributed by atoms with Gasteiger partial charge in [-0.1, -0.05) is 49.3 Å². The Labute approximate surface area is 149 Å². The van der Waals surface area contributed by atoms with Crippen LogP contribution in [0.3, 0.4) is 0 Å². The van der Waals surface area contributed by atoms with Crippen molar-refractivity contribution in [2.75, 3.05) is 20.1 Å². The minimum Gasteiger partial charge on any atom is -0.360 e. The van der Waals surface area contributed by atoms with Gasteiger partial charge in [0, 0.05) is 38.2 Å². The van der Waals surface area contributed by atoms with E-state index in [1.165, 1.54) is 5.56 Å². The van der Waals surface area contributed by atoms with E-state index in [2.05, 4.69) is 34.3 Å². The molecule has 1 amide bonds. The first-order valence-electron chi connectivity index (χ1n) is 9.04. The van der Waals surface area contributed by atoms with Gasteiger partial charge in [-0.15, -0.1) is 0 Å². The average molecular weight is 341 g/mol. The van der Waals surface area contributed by atoms with E-state index in [1.807, 2.05) is 31.9 Å². The first-order valence-corrected chi connectivity index (χ1v) is 9.04. The molecular weight excluding hydrogens is 314 g/mol. The number of benzene rings is 1. The number of likely N-dealkylation sites (tertiary alicyclic amines) is 1. The number of nitrogens with zero attached hydrogens (tertiary/aromatic N) is 3. The van der Waals surface area contributed by atoms with Crippen molar-refractivity contribution in [3.05, 3.63) is 53.4 Å². The fourth-order valence-corrected chi connectivity index (χ4v) is 3.34. The Bertz CT molecular complexity index is 696. The Morgan fingerprint density at radius 1 is 1.36 bits per heavy atom. The third kappa shape index (κ3) is 4.28. The van der Waals surface area contributed by atoms with Gasteiger partial charge in [-0.25, -0.2) is 0 Å². The molecule has 1 aromatic carbocycles. The van der Waals surface area contributed by atoms with Gasteiger partial charge < -0.3 is 9.42 Å². The lowest BCUT2D eigenvalue weighted by Gasteiger charge is -2.37. The molecule has 2 heterocycles. The van der Waals surface area contributed by atoms with Crippen molar-refractivity contribution in [1.82, 2.24) is 15.0 Å². The Hall–Kier alpha value is -2.14. The molecule has 0 aliphatic carbocycles. The number of hydrogen-bond donors (Lipinski definition) is 0. The molecule has 1 saturated heterocycles. The minimum absolute atomic E-state index is 0.0535. The second-order valence-corrected chi connectivity index (χ2v) is 7.20. The Balaban J connectivity index is 1.62. The van der Waals surface area contributed by atoms with Crippen LogP contribution in [-0.4, -0.2) is 47.0 Å². The second kappa shape index (κ2) is 7.83. The Kier molecular flexibility index (Phi) is 5.53. The summed E-state index contributed by atoms with van der Waals surface area (Å²) in [5.74, 6) is 0.934. The van der Waals surface area contributed by atoms with Gasteiger partial charge in [0.1, 0.15) is 5.76 Å². The predicted octanol–water partition coefficient (Wildman–Crippen LogP) is 3.53. The maximum atomic E-state index is 12.7. The first kappa shape index (κ1) is 17.7. The number of amides is 1. The lowest BCUT2D eigenvalue weighted by Crippen LogP contribution is -2.48. The van der Waals surface area contributed by atoms with Crippen LogP contribution >= 0.6 is 0 Å². The van der Waals surface area contributed by atoms with Crippen LogP contribution in [0.25, 0.3) is 0 Å². The van der Waals surface area contributed by atoms with Gasteiger partial charge in [0.05, 0.1) is 0 Å². The van der Waals surface area contributed by atoms with Gasteiger partial charge in [0.2, 0.25) is 0 Å². The summed E-state index contributed by atoms with van der Waals surface area (Å²) in [5.41, 5.74) is 1.72. The summed E-state index contributed by atoms with van der Waals surface area (Å²) in [6, 6.07) is 12.5. The van der Waals surface area contributed by atoms with Crippen LogP contribution in [0.2, 0.25) is 0 Å². The van der Waals surface area contributed by atoms with Crippen LogP contribution in [-0.2, 0) is 6.54 Å². The molecule has 1 aliphatic heterocycles. The van der Waals surface area contributed by atoms with E-state index in [0.717, 1.165) is 38.2 Å². The van der Waals surface area contributed by atoms with Crippen molar-refractivity contribution >= 4 is 5.91 Å². The molecule has 0 bridgehead atoms. The molecule has 0 unspecified atom stereocenters. The van der Waals surface area contributed by atoms with Crippen LogP contribution in [0.15, 0.2) is 40.9 Å². The zero-order valence-electron chi connectivity index (χ0n) is 15.3. The molecule has 2 aromatic rings. The SMILES string of the molecule is CC(C)c1cc(C(=O)N(C)[C@H]2CCCN(Cc3ccccc3)C2)no1. The standard InChI is InChI=1S/C20H27N3O2/c1-15(2)19-12-18(21-25-19)20(24)22(3)17-10-7-11-23(14-17)13-16-8-5-4-6-9-16/h4-6,8-9,12,15,17H,7,10-11,13-14H2,1-3H3/t17-/m0/s1. The Morgan fingerprint density at radius 2 is 2.12 bits per heavy atom. The summed E-state index contributed by atoms with van der Waals surface area (Å²) in [7, 11) is 1.88. The quantitative estimate of drug-likeness (QED) is 0.835.